The molecule has 2 heterocycles. The van der Waals surface area contributed by atoms with Gasteiger partial charge in [-0.05, 0) is 47.7 Å². The Balaban J connectivity index is 1.67. The highest BCUT2D eigenvalue weighted by molar-refractivity contribution is 6.42. The van der Waals surface area contributed by atoms with E-state index in [4.69, 9.17) is 33.3 Å². The Bertz CT molecular complexity index is 1240. The lowest BCUT2D eigenvalue weighted by atomic mass is 9.73. The number of aromatic hydroxyl groups is 1. The first kappa shape index (κ1) is 20.1. The maximum Gasteiger partial charge on any atom is 0.226 e. The molecule has 0 amide bonds. The zero-order chi connectivity index (χ0) is 21.9. The predicted molar refractivity (Wildman–Crippen MR) is 120 cm³/mol. The Morgan fingerprint density at radius 1 is 1.10 bits per heavy atom. The Labute approximate surface area is 189 Å². The van der Waals surface area contributed by atoms with Crippen LogP contribution in [0.2, 0.25) is 10.0 Å². The molecule has 5 rings (SSSR count). The second kappa shape index (κ2) is 7.11. The van der Waals surface area contributed by atoms with Crippen LogP contribution in [0.25, 0.3) is 11.4 Å². The summed E-state index contributed by atoms with van der Waals surface area (Å²) < 4.78 is 1.74. The molecule has 2 N–H and O–H groups in total. The van der Waals surface area contributed by atoms with Crippen molar-refractivity contribution in [2.24, 2.45) is 5.41 Å². The number of nitrogens with one attached hydrogen (secondary N) is 1. The molecule has 1 aromatic heterocycles. The van der Waals surface area contributed by atoms with Crippen molar-refractivity contribution in [1.82, 2.24) is 14.8 Å². The first-order chi connectivity index (χ1) is 14.7. The summed E-state index contributed by atoms with van der Waals surface area (Å²) in [6, 6.07) is 11.7. The van der Waals surface area contributed by atoms with Crippen LogP contribution in [-0.2, 0) is 4.79 Å². The predicted octanol–water partition coefficient (Wildman–Crippen LogP) is 5.62. The Hall–Kier alpha value is -2.83. The standard InChI is InChI=1S/C23H20Cl2N4O2/c1-23(2)10-17-19(18(31)11-23)20(12-3-6-14(30)7-4-12)29-22(26-17)27-21(28-29)13-5-8-15(24)16(25)9-13/h3-9,20,30H,10-11H2,1-2H3,(H,26,27,28). The van der Waals surface area contributed by atoms with Gasteiger partial charge in [-0.15, -0.1) is 5.10 Å². The molecule has 158 valence electrons. The molecular weight excluding hydrogens is 435 g/mol. The molecule has 0 bridgehead atoms. The number of phenols is 1. The van der Waals surface area contributed by atoms with Crippen LogP contribution < -0.4 is 5.32 Å². The molecule has 0 saturated heterocycles. The van der Waals surface area contributed by atoms with Crippen LogP contribution in [0.3, 0.4) is 0 Å². The number of benzene rings is 2. The van der Waals surface area contributed by atoms with Gasteiger partial charge in [0.1, 0.15) is 11.8 Å². The maximum absolute atomic E-state index is 13.2. The third-order valence-corrected chi connectivity index (χ3v) is 6.46. The van der Waals surface area contributed by atoms with Crippen molar-refractivity contribution in [3.05, 3.63) is 69.3 Å². The molecule has 2 aliphatic rings. The summed E-state index contributed by atoms with van der Waals surface area (Å²) in [5.74, 6) is 1.30. The number of anilines is 1. The highest BCUT2D eigenvalue weighted by atomic mass is 35.5. The average molecular weight is 455 g/mol. The minimum absolute atomic E-state index is 0.0917. The number of nitrogens with zero attached hydrogens (tertiary/aromatic N) is 3. The lowest BCUT2D eigenvalue weighted by Crippen LogP contribution is -2.36. The summed E-state index contributed by atoms with van der Waals surface area (Å²) in [4.78, 5) is 17.9. The van der Waals surface area contributed by atoms with E-state index in [0.29, 0.717) is 33.8 Å². The minimum atomic E-state index is -0.431. The van der Waals surface area contributed by atoms with Gasteiger partial charge in [0.25, 0.3) is 0 Å². The Kier molecular flexibility index (Phi) is 4.61. The summed E-state index contributed by atoms with van der Waals surface area (Å²) in [5.41, 5.74) is 3.01. The number of ketones is 1. The minimum Gasteiger partial charge on any atom is -0.508 e. The lowest BCUT2D eigenvalue weighted by Gasteiger charge is -2.38. The number of carbonyl (C=O) groups excluding carboxylic acids is 1. The van der Waals surface area contributed by atoms with E-state index >= 15 is 0 Å². The molecule has 1 aliphatic heterocycles. The number of phenolic OH excluding ortho intramolecular Hbond substituents is 1. The highest BCUT2D eigenvalue weighted by Crippen LogP contribution is 2.46. The monoisotopic (exact) mass is 454 g/mol. The van der Waals surface area contributed by atoms with Gasteiger partial charge >= 0.3 is 0 Å². The Morgan fingerprint density at radius 3 is 2.55 bits per heavy atom. The van der Waals surface area contributed by atoms with E-state index in [1.54, 1.807) is 28.9 Å². The first-order valence-corrected chi connectivity index (χ1v) is 10.7. The van der Waals surface area contributed by atoms with Crippen LogP contribution in [0.15, 0.2) is 53.7 Å². The lowest BCUT2D eigenvalue weighted by molar-refractivity contribution is -0.118. The second-order valence-electron chi connectivity index (χ2n) is 8.78. The molecule has 0 spiro atoms. The van der Waals surface area contributed by atoms with Gasteiger partial charge in [-0.3, -0.25) is 4.79 Å². The molecule has 1 unspecified atom stereocenters. The first-order valence-electron chi connectivity index (χ1n) is 9.96. The van der Waals surface area contributed by atoms with Gasteiger partial charge in [0.15, 0.2) is 11.6 Å². The van der Waals surface area contributed by atoms with Crippen LogP contribution in [-0.4, -0.2) is 25.7 Å². The molecule has 8 heteroatoms. The molecule has 1 aliphatic carbocycles. The molecule has 2 aromatic carbocycles. The largest absolute Gasteiger partial charge is 0.508 e. The highest BCUT2D eigenvalue weighted by Gasteiger charge is 2.41. The molecule has 0 saturated carbocycles. The van der Waals surface area contributed by atoms with Crippen molar-refractivity contribution in [3.63, 3.8) is 0 Å². The molecule has 6 nitrogen and oxygen atoms in total. The van der Waals surface area contributed by atoms with Gasteiger partial charge in [0.2, 0.25) is 5.95 Å². The van der Waals surface area contributed by atoms with E-state index in [0.717, 1.165) is 23.2 Å². The normalized spacial score (nSPS) is 19.6. The molecule has 31 heavy (non-hydrogen) atoms. The van der Waals surface area contributed by atoms with E-state index in [1.165, 1.54) is 0 Å². The summed E-state index contributed by atoms with van der Waals surface area (Å²) >= 11 is 12.2. The van der Waals surface area contributed by atoms with Crippen molar-refractivity contribution in [1.29, 1.82) is 0 Å². The zero-order valence-corrected chi connectivity index (χ0v) is 18.5. The van der Waals surface area contributed by atoms with E-state index in [-0.39, 0.29) is 16.9 Å². The number of rotatable bonds is 2. The number of hydrogen-bond donors (Lipinski definition) is 2. The number of fused-ring (bicyclic) bond motifs is 1. The van der Waals surface area contributed by atoms with Gasteiger partial charge in [-0.2, -0.15) is 4.98 Å². The third-order valence-electron chi connectivity index (χ3n) is 5.72. The number of halogens is 2. The van der Waals surface area contributed by atoms with Gasteiger partial charge in [-0.25, -0.2) is 4.68 Å². The van der Waals surface area contributed by atoms with Crippen LogP contribution in [0.1, 0.15) is 38.3 Å². The van der Waals surface area contributed by atoms with E-state index in [1.807, 2.05) is 18.2 Å². The summed E-state index contributed by atoms with van der Waals surface area (Å²) in [6.45, 7) is 4.18. The fraction of sp³-hybridized carbons (Fsp3) is 0.261. The summed E-state index contributed by atoms with van der Waals surface area (Å²) in [6.07, 6.45) is 1.20. The van der Waals surface area contributed by atoms with Crippen LogP contribution >= 0.6 is 23.2 Å². The van der Waals surface area contributed by atoms with E-state index in [2.05, 4.69) is 19.2 Å². The van der Waals surface area contributed by atoms with Crippen molar-refractivity contribution < 1.29 is 9.90 Å². The molecule has 0 fully saturated rings. The molecular formula is C23H20Cl2N4O2. The second-order valence-corrected chi connectivity index (χ2v) is 9.60. The van der Waals surface area contributed by atoms with Crippen molar-refractivity contribution in [3.8, 4) is 17.1 Å². The maximum atomic E-state index is 13.2. The summed E-state index contributed by atoms with van der Waals surface area (Å²) in [7, 11) is 0. The molecule has 1 atom stereocenters. The smallest absolute Gasteiger partial charge is 0.226 e. The number of aromatic nitrogens is 3. The fourth-order valence-corrected chi connectivity index (χ4v) is 4.63. The zero-order valence-electron chi connectivity index (χ0n) is 17.0. The topological polar surface area (TPSA) is 80.0 Å². The molecule has 3 aromatic rings. The number of hydrogen-bond acceptors (Lipinski definition) is 5. The number of carbonyl (C=O) groups is 1. The van der Waals surface area contributed by atoms with E-state index in [9.17, 15) is 9.90 Å². The van der Waals surface area contributed by atoms with Gasteiger partial charge < -0.3 is 10.4 Å². The van der Waals surface area contributed by atoms with Gasteiger partial charge in [-0.1, -0.05) is 49.2 Å². The third kappa shape index (κ3) is 3.50. The van der Waals surface area contributed by atoms with Crippen molar-refractivity contribution in [2.75, 3.05) is 5.32 Å². The van der Waals surface area contributed by atoms with E-state index < -0.39 is 6.04 Å². The van der Waals surface area contributed by atoms with Gasteiger partial charge in [0.05, 0.1) is 10.0 Å². The SMILES string of the molecule is CC1(C)CC(=O)C2=C(C1)Nc1nc(-c3ccc(Cl)c(Cl)c3)nn1C2c1ccc(O)cc1. The number of allylic oxidation sites excluding steroid dienone is 2. The Morgan fingerprint density at radius 2 is 1.84 bits per heavy atom. The number of Topliss-reactive ketones (excluding diaryl/α,β-unsaturated/α-hetero) is 1. The average Bonchev–Trinajstić information content (AvgIpc) is 3.12. The molecule has 0 radical (unpaired) electrons. The van der Waals surface area contributed by atoms with Crippen molar-refractivity contribution in [2.45, 2.75) is 32.7 Å². The van der Waals surface area contributed by atoms with Crippen molar-refractivity contribution >= 4 is 34.9 Å². The van der Waals surface area contributed by atoms with Crippen LogP contribution in [0.4, 0.5) is 5.95 Å². The summed E-state index contributed by atoms with van der Waals surface area (Å²) in [5, 5.41) is 18.7. The van der Waals surface area contributed by atoms with Crippen LogP contribution in [0.5, 0.6) is 5.75 Å². The fourth-order valence-electron chi connectivity index (χ4n) is 4.33. The quantitative estimate of drug-likeness (QED) is 0.525. The van der Waals surface area contributed by atoms with Gasteiger partial charge in [0, 0.05) is 23.3 Å². The van der Waals surface area contributed by atoms with Crippen LogP contribution in [0, 0.1) is 5.41 Å².